The summed E-state index contributed by atoms with van der Waals surface area (Å²) >= 11 is 1.89. The molecule has 1 aliphatic carbocycles. The molecule has 0 unspecified atom stereocenters. The van der Waals surface area contributed by atoms with Crippen molar-refractivity contribution in [2.45, 2.75) is 56.8 Å². The zero-order valence-electron chi connectivity index (χ0n) is 11.6. The van der Waals surface area contributed by atoms with Crippen LogP contribution >= 0.6 is 11.8 Å². The molecule has 1 aliphatic rings. The van der Waals surface area contributed by atoms with Gasteiger partial charge in [0, 0.05) is 4.90 Å². The van der Waals surface area contributed by atoms with Crippen molar-refractivity contribution in [1.29, 1.82) is 0 Å². The first-order valence-electron chi connectivity index (χ1n) is 7.19. The molecule has 1 saturated carbocycles. The Balaban J connectivity index is 1.94. The standard InChI is InChI=1S/C17H24S/c1-14(2)16-10-6-7-11-17(16)18-13-12-15-8-4-3-5-9-15/h6-7,10-15H,3-5,8-9H2,1-2H3/b13-12+. The van der Waals surface area contributed by atoms with Gasteiger partial charge in [0.2, 0.25) is 0 Å². The largest absolute Gasteiger partial charge is 0.0981 e. The summed E-state index contributed by atoms with van der Waals surface area (Å²) < 4.78 is 0. The van der Waals surface area contributed by atoms with E-state index in [0.717, 1.165) is 5.92 Å². The molecule has 18 heavy (non-hydrogen) atoms. The highest BCUT2D eigenvalue weighted by Crippen LogP contribution is 2.31. The summed E-state index contributed by atoms with van der Waals surface area (Å²) in [6.45, 7) is 4.54. The molecule has 0 bridgehead atoms. The lowest BCUT2D eigenvalue weighted by Gasteiger charge is -2.17. The van der Waals surface area contributed by atoms with E-state index < -0.39 is 0 Å². The fourth-order valence-corrected chi connectivity index (χ4v) is 3.66. The predicted molar refractivity (Wildman–Crippen MR) is 82.1 cm³/mol. The molecule has 0 atom stereocenters. The third-order valence-electron chi connectivity index (χ3n) is 3.74. The summed E-state index contributed by atoms with van der Waals surface area (Å²) in [6, 6.07) is 8.78. The minimum absolute atomic E-state index is 0.608. The minimum atomic E-state index is 0.608. The third kappa shape index (κ3) is 3.91. The van der Waals surface area contributed by atoms with Gasteiger partial charge in [-0.05, 0) is 41.7 Å². The lowest BCUT2D eigenvalue weighted by atomic mass is 9.90. The molecule has 0 spiro atoms. The van der Waals surface area contributed by atoms with Crippen LogP contribution in [0.15, 0.2) is 40.6 Å². The Labute approximate surface area is 116 Å². The molecule has 98 valence electrons. The number of hydrogen-bond acceptors (Lipinski definition) is 1. The average Bonchev–Trinajstić information content (AvgIpc) is 2.40. The molecular weight excluding hydrogens is 236 g/mol. The Bertz CT molecular complexity index is 386. The van der Waals surface area contributed by atoms with Crippen LogP contribution in [0.5, 0.6) is 0 Å². The Hall–Kier alpha value is -0.690. The molecule has 0 saturated heterocycles. The zero-order valence-corrected chi connectivity index (χ0v) is 12.4. The van der Waals surface area contributed by atoms with Gasteiger partial charge in [-0.1, -0.05) is 69.1 Å². The van der Waals surface area contributed by atoms with E-state index in [2.05, 4.69) is 49.6 Å². The van der Waals surface area contributed by atoms with E-state index in [0.29, 0.717) is 5.92 Å². The number of allylic oxidation sites excluding steroid dienone is 1. The van der Waals surface area contributed by atoms with Crippen LogP contribution < -0.4 is 0 Å². The Kier molecular flexibility index (Phi) is 5.37. The first kappa shape index (κ1) is 13.7. The molecular formula is C17H24S. The smallest absolute Gasteiger partial charge is 0.0150 e. The average molecular weight is 260 g/mol. The maximum absolute atomic E-state index is 2.43. The molecule has 0 radical (unpaired) electrons. The second kappa shape index (κ2) is 7.04. The van der Waals surface area contributed by atoms with Gasteiger partial charge in [-0.3, -0.25) is 0 Å². The quantitative estimate of drug-likeness (QED) is 0.599. The van der Waals surface area contributed by atoms with Crippen LogP contribution in [-0.4, -0.2) is 0 Å². The third-order valence-corrected chi connectivity index (χ3v) is 4.66. The Morgan fingerprint density at radius 1 is 1.11 bits per heavy atom. The van der Waals surface area contributed by atoms with Crippen LogP contribution in [-0.2, 0) is 0 Å². The lowest BCUT2D eigenvalue weighted by Crippen LogP contribution is -2.02. The molecule has 1 fully saturated rings. The van der Waals surface area contributed by atoms with Crippen molar-refractivity contribution >= 4 is 11.8 Å². The van der Waals surface area contributed by atoms with Crippen LogP contribution in [0.25, 0.3) is 0 Å². The monoisotopic (exact) mass is 260 g/mol. The fraction of sp³-hybridized carbons (Fsp3) is 0.529. The van der Waals surface area contributed by atoms with Gasteiger partial charge in [0.15, 0.2) is 0 Å². The Morgan fingerprint density at radius 2 is 1.83 bits per heavy atom. The Morgan fingerprint density at radius 3 is 2.56 bits per heavy atom. The minimum Gasteiger partial charge on any atom is -0.0981 e. The van der Waals surface area contributed by atoms with Crippen LogP contribution in [0, 0.1) is 5.92 Å². The summed E-state index contributed by atoms with van der Waals surface area (Å²) in [7, 11) is 0. The van der Waals surface area contributed by atoms with E-state index in [9.17, 15) is 0 Å². The molecule has 0 aromatic heterocycles. The van der Waals surface area contributed by atoms with Crippen molar-refractivity contribution in [3.63, 3.8) is 0 Å². The summed E-state index contributed by atoms with van der Waals surface area (Å²) in [6.07, 6.45) is 9.49. The van der Waals surface area contributed by atoms with Crippen LogP contribution in [0.2, 0.25) is 0 Å². The zero-order chi connectivity index (χ0) is 12.8. The molecule has 0 N–H and O–H groups in total. The highest BCUT2D eigenvalue weighted by atomic mass is 32.2. The van der Waals surface area contributed by atoms with Gasteiger partial charge in [0.05, 0.1) is 0 Å². The summed E-state index contributed by atoms with van der Waals surface area (Å²) in [5, 5.41) is 2.32. The van der Waals surface area contributed by atoms with E-state index in [1.54, 1.807) is 0 Å². The second-order valence-electron chi connectivity index (χ2n) is 5.54. The van der Waals surface area contributed by atoms with E-state index >= 15 is 0 Å². The van der Waals surface area contributed by atoms with Crippen molar-refractivity contribution in [2.75, 3.05) is 0 Å². The van der Waals surface area contributed by atoms with E-state index in [4.69, 9.17) is 0 Å². The fourth-order valence-electron chi connectivity index (χ4n) is 2.62. The van der Waals surface area contributed by atoms with Gasteiger partial charge in [0.25, 0.3) is 0 Å². The van der Waals surface area contributed by atoms with Gasteiger partial charge >= 0.3 is 0 Å². The van der Waals surface area contributed by atoms with Gasteiger partial charge < -0.3 is 0 Å². The molecule has 0 aliphatic heterocycles. The molecule has 1 aromatic carbocycles. The molecule has 2 rings (SSSR count). The van der Waals surface area contributed by atoms with Crippen LogP contribution in [0.1, 0.15) is 57.4 Å². The van der Waals surface area contributed by atoms with E-state index in [1.807, 2.05) is 11.8 Å². The predicted octanol–water partition coefficient (Wildman–Crippen LogP) is 6.00. The number of rotatable bonds is 4. The number of benzene rings is 1. The molecule has 0 heterocycles. The van der Waals surface area contributed by atoms with Crippen molar-refractivity contribution < 1.29 is 0 Å². The molecule has 1 aromatic rings. The van der Waals surface area contributed by atoms with E-state index in [-0.39, 0.29) is 0 Å². The van der Waals surface area contributed by atoms with Crippen molar-refractivity contribution in [2.24, 2.45) is 5.92 Å². The maximum atomic E-state index is 2.43. The lowest BCUT2D eigenvalue weighted by molar-refractivity contribution is 0.420. The summed E-state index contributed by atoms with van der Waals surface area (Å²) in [5.41, 5.74) is 1.47. The molecule has 0 nitrogen and oxygen atoms in total. The van der Waals surface area contributed by atoms with E-state index in [1.165, 1.54) is 42.6 Å². The second-order valence-corrected chi connectivity index (χ2v) is 6.48. The van der Waals surface area contributed by atoms with Gasteiger partial charge in [-0.25, -0.2) is 0 Å². The first-order valence-corrected chi connectivity index (χ1v) is 8.07. The summed E-state index contributed by atoms with van der Waals surface area (Å²) in [4.78, 5) is 1.42. The number of hydrogen-bond donors (Lipinski definition) is 0. The van der Waals surface area contributed by atoms with Crippen molar-refractivity contribution in [3.05, 3.63) is 41.3 Å². The van der Waals surface area contributed by atoms with Crippen molar-refractivity contribution in [3.8, 4) is 0 Å². The first-order chi connectivity index (χ1) is 8.77. The molecule has 0 amide bonds. The van der Waals surface area contributed by atoms with Gasteiger partial charge in [-0.2, -0.15) is 0 Å². The van der Waals surface area contributed by atoms with Crippen LogP contribution in [0.3, 0.4) is 0 Å². The maximum Gasteiger partial charge on any atom is 0.0150 e. The molecule has 1 heteroatoms. The van der Waals surface area contributed by atoms with Gasteiger partial charge in [0.1, 0.15) is 0 Å². The van der Waals surface area contributed by atoms with Crippen molar-refractivity contribution in [1.82, 2.24) is 0 Å². The summed E-state index contributed by atoms with van der Waals surface area (Å²) in [5.74, 6) is 1.44. The van der Waals surface area contributed by atoms with Crippen LogP contribution in [0.4, 0.5) is 0 Å². The SMILES string of the molecule is CC(C)c1ccccc1S/C=C/C1CCCCC1. The topological polar surface area (TPSA) is 0 Å². The normalized spacial score (nSPS) is 17.7. The van der Waals surface area contributed by atoms with Gasteiger partial charge in [-0.15, -0.1) is 0 Å². The highest BCUT2D eigenvalue weighted by Gasteiger charge is 2.10. The highest BCUT2D eigenvalue weighted by molar-refractivity contribution is 8.02. The number of thioether (sulfide) groups is 1.